The highest BCUT2D eigenvalue weighted by atomic mass is 16.5. The first kappa shape index (κ1) is 8.45. The lowest BCUT2D eigenvalue weighted by Crippen LogP contribution is -2.37. The summed E-state index contributed by atoms with van der Waals surface area (Å²) < 4.78 is 5.70. The van der Waals surface area contributed by atoms with E-state index in [9.17, 15) is 0 Å². The Hall–Kier alpha value is -0.860. The van der Waals surface area contributed by atoms with Crippen molar-refractivity contribution in [1.29, 1.82) is 0 Å². The Morgan fingerprint density at radius 2 is 2.00 bits per heavy atom. The number of hydrogen-bond donors (Lipinski definition) is 1. The maximum absolute atomic E-state index is 6.02. The predicted octanol–water partition coefficient (Wildman–Crippen LogP) is 1.44. The average Bonchev–Trinajstić information content (AvgIpc) is 2.77. The van der Waals surface area contributed by atoms with Crippen LogP contribution in [0.5, 0.6) is 0 Å². The molecule has 1 aromatic rings. The van der Waals surface area contributed by atoms with Crippen LogP contribution < -0.4 is 5.73 Å². The summed E-state index contributed by atoms with van der Waals surface area (Å²) in [6, 6.07) is 10.9. The fourth-order valence-corrected chi connectivity index (χ4v) is 2.88. The molecule has 1 heterocycles. The molecule has 0 spiro atoms. The lowest BCUT2D eigenvalue weighted by atomic mass is 9.80. The summed E-state index contributed by atoms with van der Waals surface area (Å²) in [4.78, 5) is 0. The van der Waals surface area contributed by atoms with Crippen LogP contribution in [0.2, 0.25) is 0 Å². The van der Waals surface area contributed by atoms with Crippen LogP contribution in [0, 0.1) is 0 Å². The van der Waals surface area contributed by atoms with Crippen LogP contribution in [0.4, 0.5) is 0 Å². The molecule has 74 valence electrons. The SMILES string of the molecule is N[C@H]1C[C@@]2(c3ccccc3)CO[C@H]1C2. The second kappa shape index (κ2) is 2.81. The van der Waals surface area contributed by atoms with Crippen molar-refractivity contribution in [2.75, 3.05) is 6.61 Å². The van der Waals surface area contributed by atoms with Crippen LogP contribution in [0.1, 0.15) is 18.4 Å². The van der Waals surface area contributed by atoms with Crippen LogP contribution >= 0.6 is 0 Å². The summed E-state index contributed by atoms with van der Waals surface area (Å²) in [5.74, 6) is 0. The lowest BCUT2D eigenvalue weighted by molar-refractivity contribution is 0.0551. The topological polar surface area (TPSA) is 35.2 Å². The zero-order valence-electron chi connectivity index (χ0n) is 8.15. The molecule has 2 bridgehead atoms. The fourth-order valence-electron chi connectivity index (χ4n) is 2.88. The first-order valence-electron chi connectivity index (χ1n) is 5.23. The summed E-state index contributed by atoms with van der Waals surface area (Å²) >= 11 is 0. The van der Waals surface area contributed by atoms with Gasteiger partial charge in [0, 0.05) is 11.5 Å². The Bertz CT molecular complexity index is 333. The van der Waals surface area contributed by atoms with Crippen molar-refractivity contribution in [3.8, 4) is 0 Å². The minimum atomic E-state index is 0.228. The van der Waals surface area contributed by atoms with E-state index in [1.54, 1.807) is 0 Å². The molecule has 2 N–H and O–H groups in total. The monoisotopic (exact) mass is 189 g/mol. The Kier molecular flexibility index (Phi) is 1.70. The largest absolute Gasteiger partial charge is 0.376 e. The third-order valence-corrected chi connectivity index (χ3v) is 3.66. The van der Waals surface area contributed by atoms with Crippen LogP contribution in [0.25, 0.3) is 0 Å². The standard InChI is InChI=1S/C12H15NO/c13-10-6-12(7-11(10)14-8-12)9-4-2-1-3-5-9/h1-5,10-11H,6-8,13H2/t10-,11-,12-/m0/s1. The summed E-state index contributed by atoms with van der Waals surface area (Å²) in [5.41, 5.74) is 7.64. The smallest absolute Gasteiger partial charge is 0.0736 e. The molecule has 3 atom stereocenters. The molecule has 2 heteroatoms. The van der Waals surface area contributed by atoms with Crippen molar-refractivity contribution in [3.63, 3.8) is 0 Å². The summed E-state index contributed by atoms with van der Waals surface area (Å²) in [5, 5.41) is 0. The third kappa shape index (κ3) is 1.04. The van der Waals surface area contributed by atoms with Crippen molar-refractivity contribution in [2.45, 2.75) is 30.4 Å². The molecular formula is C12H15NO. The van der Waals surface area contributed by atoms with Crippen LogP contribution in [0.15, 0.2) is 30.3 Å². The van der Waals surface area contributed by atoms with Gasteiger partial charge in [-0.3, -0.25) is 0 Å². The Morgan fingerprint density at radius 3 is 2.57 bits per heavy atom. The van der Waals surface area contributed by atoms with Crippen LogP contribution in [-0.4, -0.2) is 18.8 Å². The molecule has 0 amide bonds. The first-order valence-corrected chi connectivity index (χ1v) is 5.23. The molecule has 0 aromatic heterocycles. The maximum Gasteiger partial charge on any atom is 0.0736 e. The van der Waals surface area contributed by atoms with Crippen LogP contribution in [0.3, 0.4) is 0 Å². The second-order valence-electron chi connectivity index (χ2n) is 4.57. The molecule has 1 saturated carbocycles. The molecule has 1 aliphatic heterocycles. The van der Waals surface area contributed by atoms with Crippen LogP contribution in [-0.2, 0) is 10.2 Å². The van der Waals surface area contributed by atoms with E-state index in [1.165, 1.54) is 5.56 Å². The van der Waals surface area contributed by atoms with Gasteiger partial charge in [0.25, 0.3) is 0 Å². The summed E-state index contributed by atoms with van der Waals surface area (Å²) in [6.07, 6.45) is 2.50. The highest BCUT2D eigenvalue weighted by Gasteiger charge is 2.51. The molecule has 0 radical (unpaired) electrons. The van der Waals surface area contributed by atoms with Gasteiger partial charge in [0.1, 0.15) is 0 Å². The van der Waals surface area contributed by atoms with E-state index in [-0.39, 0.29) is 11.5 Å². The number of fused-ring (bicyclic) bond motifs is 2. The lowest BCUT2D eigenvalue weighted by Gasteiger charge is -2.28. The van der Waals surface area contributed by atoms with Gasteiger partial charge in [0.15, 0.2) is 0 Å². The molecule has 1 aromatic carbocycles. The molecule has 14 heavy (non-hydrogen) atoms. The highest BCUT2D eigenvalue weighted by molar-refractivity contribution is 5.30. The molecule has 2 fully saturated rings. The van der Waals surface area contributed by atoms with E-state index in [2.05, 4.69) is 30.3 Å². The molecule has 1 aliphatic carbocycles. The van der Waals surface area contributed by atoms with Crippen molar-refractivity contribution in [2.24, 2.45) is 5.73 Å². The Labute approximate surface area is 84.1 Å². The quantitative estimate of drug-likeness (QED) is 0.725. The van der Waals surface area contributed by atoms with E-state index in [1.807, 2.05) is 0 Å². The zero-order chi connectivity index (χ0) is 9.60. The fraction of sp³-hybridized carbons (Fsp3) is 0.500. The van der Waals surface area contributed by atoms with Crippen molar-refractivity contribution < 1.29 is 4.74 Å². The minimum Gasteiger partial charge on any atom is -0.376 e. The average molecular weight is 189 g/mol. The molecule has 1 saturated heterocycles. The highest BCUT2D eigenvalue weighted by Crippen LogP contribution is 2.47. The summed E-state index contributed by atoms with van der Waals surface area (Å²) in [7, 11) is 0. The van der Waals surface area contributed by atoms with Gasteiger partial charge < -0.3 is 10.5 Å². The molecule has 2 nitrogen and oxygen atoms in total. The maximum atomic E-state index is 6.02. The van der Waals surface area contributed by atoms with E-state index < -0.39 is 0 Å². The van der Waals surface area contributed by atoms with E-state index >= 15 is 0 Å². The van der Waals surface area contributed by atoms with Gasteiger partial charge in [-0.1, -0.05) is 30.3 Å². The number of hydrogen-bond acceptors (Lipinski definition) is 2. The Balaban J connectivity index is 1.99. The Morgan fingerprint density at radius 1 is 1.21 bits per heavy atom. The second-order valence-corrected chi connectivity index (χ2v) is 4.57. The van der Waals surface area contributed by atoms with E-state index in [4.69, 9.17) is 10.5 Å². The first-order chi connectivity index (χ1) is 6.80. The van der Waals surface area contributed by atoms with E-state index in [0.717, 1.165) is 19.4 Å². The molecule has 3 rings (SSSR count). The molecule has 0 unspecified atom stereocenters. The normalized spacial score (nSPS) is 40.4. The van der Waals surface area contributed by atoms with Gasteiger partial charge in [-0.25, -0.2) is 0 Å². The summed E-state index contributed by atoms with van der Waals surface area (Å²) in [6.45, 7) is 0.857. The number of ether oxygens (including phenoxy) is 1. The number of nitrogens with two attached hydrogens (primary N) is 1. The van der Waals surface area contributed by atoms with Gasteiger partial charge in [-0.05, 0) is 18.4 Å². The number of benzene rings is 1. The third-order valence-electron chi connectivity index (χ3n) is 3.66. The zero-order valence-corrected chi connectivity index (χ0v) is 8.15. The number of rotatable bonds is 1. The van der Waals surface area contributed by atoms with Crippen molar-refractivity contribution in [3.05, 3.63) is 35.9 Å². The van der Waals surface area contributed by atoms with Crippen molar-refractivity contribution >= 4 is 0 Å². The molecule has 2 aliphatic rings. The van der Waals surface area contributed by atoms with Crippen molar-refractivity contribution in [1.82, 2.24) is 0 Å². The van der Waals surface area contributed by atoms with Gasteiger partial charge in [0.05, 0.1) is 12.7 Å². The molecular weight excluding hydrogens is 174 g/mol. The van der Waals surface area contributed by atoms with Gasteiger partial charge in [-0.15, -0.1) is 0 Å². The van der Waals surface area contributed by atoms with Gasteiger partial charge >= 0.3 is 0 Å². The minimum absolute atomic E-state index is 0.228. The van der Waals surface area contributed by atoms with Gasteiger partial charge in [-0.2, -0.15) is 0 Å². The van der Waals surface area contributed by atoms with E-state index in [0.29, 0.717) is 6.10 Å². The predicted molar refractivity (Wildman–Crippen MR) is 55.1 cm³/mol. The van der Waals surface area contributed by atoms with Gasteiger partial charge in [0.2, 0.25) is 0 Å².